The molecule has 33 heavy (non-hydrogen) atoms. The summed E-state index contributed by atoms with van der Waals surface area (Å²) in [6.45, 7) is 0.729. The fourth-order valence-electron chi connectivity index (χ4n) is 3.53. The normalized spacial score (nSPS) is 10.4. The number of nitro groups is 1. The van der Waals surface area contributed by atoms with Crippen LogP contribution in [-0.2, 0) is 13.1 Å². The molecule has 0 aliphatic heterocycles. The minimum absolute atomic E-state index is 0.00243. The zero-order valence-electron chi connectivity index (χ0n) is 18.5. The first-order valence-electron chi connectivity index (χ1n) is 9.97. The molecule has 0 atom stereocenters. The number of aromatic carboxylic acids is 1. The smallest absolute Gasteiger partial charge is 0.339 e. The molecule has 0 saturated heterocycles. The van der Waals surface area contributed by atoms with Crippen LogP contribution in [0.5, 0.6) is 17.2 Å². The van der Waals surface area contributed by atoms with Crippen LogP contribution in [-0.4, -0.2) is 37.3 Å². The molecule has 0 bridgehead atoms. The van der Waals surface area contributed by atoms with E-state index in [2.05, 4.69) is 0 Å². The first-order chi connectivity index (χ1) is 15.9. The number of methoxy groups -OCH3 is 3. The number of carboxylic acid groups (broad SMARTS) is 1. The molecule has 0 unspecified atom stereocenters. The maximum atomic E-state index is 11.8. The molecule has 0 aromatic heterocycles. The number of benzene rings is 3. The molecule has 9 heteroatoms. The third-order valence-corrected chi connectivity index (χ3v) is 5.14. The Morgan fingerprint density at radius 2 is 1.64 bits per heavy atom. The Morgan fingerprint density at radius 1 is 0.939 bits per heavy atom. The van der Waals surface area contributed by atoms with Gasteiger partial charge in [0.25, 0.3) is 5.69 Å². The summed E-state index contributed by atoms with van der Waals surface area (Å²) in [4.78, 5) is 24.2. The van der Waals surface area contributed by atoms with Crippen molar-refractivity contribution in [2.45, 2.75) is 13.1 Å². The molecule has 0 radical (unpaired) electrons. The summed E-state index contributed by atoms with van der Waals surface area (Å²) in [6.07, 6.45) is 0. The van der Waals surface area contributed by atoms with Crippen molar-refractivity contribution in [1.82, 2.24) is 0 Å². The molecular weight excluding hydrogens is 428 g/mol. The van der Waals surface area contributed by atoms with Crippen LogP contribution in [0.4, 0.5) is 11.4 Å². The van der Waals surface area contributed by atoms with E-state index < -0.39 is 10.9 Å². The third-order valence-electron chi connectivity index (χ3n) is 5.14. The van der Waals surface area contributed by atoms with Crippen LogP contribution in [0.15, 0.2) is 60.7 Å². The zero-order valence-corrected chi connectivity index (χ0v) is 18.5. The molecule has 9 nitrogen and oxygen atoms in total. The lowest BCUT2D eigenvalue weighted by molar-refractivity contribution is -0.384. The van der Waals surface area contributed by atoms with Gasteiger partial charge in [-0.15, -0.1) is 0 Å². The number of carbonyl (C=O) groups is 1. The van der Waals surface area contributed by atoms with E-state index in [0.29, 0.717) is 30.3 Å². The van der Waals surface area contributed by atoms with Crippen LogP contribution in [0.1, 0.15) is 21.5 Å². The second-order valence-electron chi connectivity index (χ2n) is 7.12. The van der Waals surface area contributed by atoms with Gasteiger partial charge in [-0.05, 0) is 29.8 Å². The summed E-state index contributed by atoms with van der Waals surface area (Å²) in [5.41, 5.74) is 2.30. The van der Waals surface area contributed by atoms with Gasteiger partial charge in [0.05, 0.1) is 26.3 Å². The van der Waals surface area contributed by atoms with E-state index in [4.69, 9.17) is 14.2 Å². The number of para-hydroxylation sites is 1. The van der Waals surface area contributed by atoms with Crippen molar-refractivity contribution in [3.05, 3.63) is 87.5 Å². The monoisotopic (exact) mass is 452 g/mol. The lowest BCUT2D eigenvalue weighted by Crippen LogP contribution is -2.23. The highest BCUT2D eigenvalue weighted by Crippen LogP contribution is 2.34. The summed E-state index contributed by atoms with van der Waals surface area (Å²) < 4.78 is 16.1. The molecule has 0 amide bonds. The van der Waals surface area contributed by atoms with Gasteiger partial charge in [-0.1, -0.05) is 24.3 Å². The Hall–Kier alpha value is -4.27. The molecule has 172 valence electrons. The molecule has 0 fully saturated rings. The number of anilines is 1. The molecule has 0 aliphatic carbocycles. The number of nitrogens with zero attached hydrogens (tertiary/aromatic N) is 2. The summed E-state index contributed by atoms with van der Waals surface area (Å²) in [5, 5.41) is 20.6. The predicted octanol–water partition coefficient (Wildman–Crippen LogP) is 4.53. The van der Waals surface area contributed by atoms with E-state index >= 15 is 0 Å². The van der Waals surface area contributed by atoms with Crippen molar-refractivity contribution >= 4 is 17.3 Å². The Balaban J connectivity index is 2.04. The minimum Gasteiger partial charge on any atom is -0.496 e. The van der Waals surface area contributed by atoms with Crippen molar-refractivity contribution in [3.8, 4) is 17.2 Å². The molecule has 0 heterocycles. The summed E-state index contributed by atoms with van der Waals surface area (Å²) in [6, 6.07) is 16.7. The molecule has 3 aromatic rings. The SMILES string of the molecule is COc1ccc(N(Cc2ccc([N+](=O)[O-])cc2)Cc2cccc(OC)c2OC)cc1C(=O)O. The fraction of sp³-hybridized carbons (Fsp3) is 0.208. The maximum Gasteiger partial charge on any atom is 0.339 e. The van der Waals surface area contributed by atoms with Crippen LogP contribution in [0.2, 0.25) is 0 Å². The number of hydrogen-bond acceptors (Lipinski definition) is 7. The largest absolute Gasteiger partial charge is 0.496 e. The Labute approximate surface area is 190 Å². The third kappa shape index (κ3) is 5.32. The standard InChI is InChI=1S/C24H24N2O7/c1-31-21-12-11-19(13-20(21)24(27)28)25(14-16-7-9-18(10-8-16)26(29)30)15-17-5-4-6-22(32-2)23(17)33-3/h4-13H,14-15H2,1-3H3,(H,27,28). The van der Waals surface area contributed by atoms with Gasteiger partial charge in [-0.25, -0.2) is 4.79 Å². The summed E-state index contributed by atoms with van der Waals surface area (Å²) in [7, 11) is 4.52. The Morgan fingerprint density at radius 3 is 2.21 bits per heavy atom. The zero-order chi connectivity index (χ0) is 24.0. The predicted molar refractivity (Wildman–Crippen MR) is 122 cm³/mol. The number of nitro benzene ring substituents is 1. The van der Waals surface area contributed by atoms with Crippen LogP contribution in [0, 0.1) is 10.1 Å². The highest BCUT2D eigenvalue weighted by molar-refractivity contribution is 5.92. The summed E-state index contributed by atoms with van der Waals surface area (Å²) >= 11 is 0. The number of non-ortho nitro benzene ring substituents is 1. The highest BCUT2D eigenvalue weighted by atomic mass is 16.6. The van der Waals surface area contributed by atoms with Gasteiger partial charge in [0.15, 0.2) is 11.5 Å². The van der Waals surface area contributed by atoms with Gasteiger partial charge in [0.2, 0.25) is 0 Å². The van der Waals surface area contributed by atoms with Crippen molar-refractivity contribution in [3.63, 3.8) is 0 Å². The lowest BCUT2D eigenvalue weighted by atomic mass is 10.1. The van der Waals surface area contributed by atoms with Crippen LogP contribution < -0.4 is 19.1 Å². The number of hydrogen-bond donors (Lipinski definition) is 1. The maximum absolute atomic E-state index is 11.8. The van der Waals surface area contributed by atoms with Gasteiger partial charge >= 0.3 is 5.97 Å². The van der Waals surface area contributed by atoms with Crippen LogP contribution >= 0.6 is 0 Å². The number of rotatable bonds is 10. The Kier molecular flexibility index (Phi) is 7.34. The number of ether oxygens (including phenoxy) is 3. The topological polar surface area (TPSA) is 111 Å². The molecule has 3 rings (SSSR count). The quantitative estimate of drug-likeness (QED) is 0.353. The lowest BCUT2D eigenvalue weighted by Gasteiger charge is -2.27. The first-order valence-corrected chi connectivity index (χ1v) is 9.97. The molecular formula is C24H24N2O7. The van der Waals surface area contributed by atoms with Gasteiger partial charge in [0.1, 0.15) is 11.3 Å². The minimum atomic E-state index is -1.11. The molecule has 0 saturated carbocycles. The van der Waals surface area contributed by atoms with Gasteiger partial charge in [-0.3, -0.25) is 10.1 Å². The highest BCUT2D eigenvalue weighted by Gasteiger charge is 2.19. The fourth-order valence-corrected chi connectivity index (χ4v) is 3.53. The second kappa shape index (κ2) is 10.4. The van der Waals surface area contributed by atoms with Crippen molar-refractivity contribution < 1.29 is 29.0 Å². The first kappa shape index (κ1) is 23.4. The number of carboxylic acids is 1. The molecule has 3 aromatic carbocycles. The summed E-state index contributed by atoms with van der Waals surface area (Å²) in [5.74, 6) is 0.287. The van der Waals surface area contributed by atoms with E-state index in [-0.39, 0.29) is 17.0 Å². The Bertz CT molecular complexity index is 1150. The molecule has 1 N–H and O–H groups in total. The van der Waals surface area contributed by atoms with E-state index in [9.17, 15) is 20.0 Å². The van der Waals surface area contributed by atoms with Crippen LogP contribution in [0.3, 0.4) is 0 Å². The second-order valence-corrected chi connectivity index (χ2v) is 7.12. The molecule has 0 spiro atoms. The van der Waals surface area contributed by atoms with E-state index in [1.54, 1.807) is 50.6 Å². The van der Waals surface area contributed by atoms with E-state index in [0.717, 1.165) is 11.1 Å². The van der Waals surface area contributed by atoms with E-state index in [1.807, 2.05) is 17.0 Å². The van der Waals surface area contributed by atoms with Crippen molar-refractivity contribution in [2.75, 3.05) is 26.2 Å². The van der Waals surface area contributed by atoms with E-state index in [1.165, 1.54) is 19.2 Å². The average Bonchev–Trinajstić information content (AvgIpc) is 2.83. The van der Waals surface area contributed by atoms with Crippen molar-refractivity contribution in [2.24, 2.45) is 0 Å². The van der Waals surface area contributed by atoms with Gasteiger partial charge < -0.3 is 24.2 Å². The average molecular weight is 452 g/mol. The van der Waals surface area contributed by atoms with Gasteiger partial charge in [-0.2, -0.15) is 0 Å². The van der Waals surface area contributed by atoms with Crippen LogP contribution in [0.25, 0.3) is 0 Å². The van der Waals surface area contributed by atoms with Gasteiger partial charge in [0, 0.05) is 36.5 Å². The molecule has 0 aliphatic rings. The van der Waals surface area contributed by atoms with Crippen molar-refractivity contribution in [1.29, 1.82) is 0 Å².